The summed E-state index contributed by atoms with van der Waals surface area (Å²) in [5, 5.41) is 16.7. The van der Waals surface area contributed by atoms with Gasteiger partial charge in [0, 0.05) is 63.5 Å². The fourth-order valence-electron chi connectivity index (χ4n) is 4.74. The Kier molecular flexibility index (Phi) is 8.13. The third kappa shape index (κ3) is 6.33. The average molecular weight is 466 g/mol. The fraction of sp³-hybridized carbons (Fsp3) is 0.500. The molecule has 0 bridgehead atoms. The topological polar surface area (TPSA) is 97.8 Å². The summed E-state index contributed by atoms with van der Waals surface area (Å²) < 4.78 is 0. The van der Waals surface area contributed by atoms with Crippen molar-refractivity contribution in [2.24, 2.45) is 0 Å². The fourth-order valence-corrected chi connectivity index (χ4v) is 4.74. The highest BCUT2D eigenvalue weighted by Crippen LogP contribution is 2.19. The standard InChI is InChI=1S/C26H35N5O3/c1-2-25(33)31-13-9-22(10-14-31)29-24-15-20(7-11-27-24)26(34)28-16-23(32)18-30-12-8-19-5-3-4-6-21(19)17-30/h3-7,11,15,22-23,32H,2,8-10,12-14,16-18H2,1H3,(H,27,29)(H,28,34)/t23-/m0/s1. The number of aromatic nitrogens is 1. The van der Waals surface area contributed by atoms with Crippen LogP contribution in [0.3, 0.4) is 0 Å². The number of anilines is 1. The maximum absolute atomic E-state index is 12.7. The number of hydrogen-bond acceptors (Lipinski definition) is 6. The Balaban J connectivity index is 1.22. The molecule has 2 aliphatic heterocycles. The number of carbonyl (C=O) groups is 2. The second-order valence-corrected chi connectivity index (χ2v) is 9.20. The molecule has 8 heteroatoms. The molecule has 0 unspecified atom stereocenters. The molecule has 0 aliphatic carbocycles. The van der Waals surface area contributed by atoms with E-state index in [1.165, 1.54) is 11.1 Å². The quantitative estimate of drug-likeness (QED) is 0.552. The molecular formula is C26H35N5O3. The lowest BCUT2D eigenvalue weighted by molar-refractivity contribution is -0.131. The lowest BCUT2D eigenvalue weighted by Gasteiger charge is -2.32. The number of fused-ring (bicyclic) bond motifs is 1. The van der Waals surface area contributed by atoms with Crippen molar-refractivity contribution in [1.29, 1.82) is 0 Å². The molecule has 34 heavy (non-hydrogen) atoms. The van der Waals surface area contributed by atoms with Crippen LogP contribution in [0.15, 0.2) is 42.6 Å². The maximum atomic E-state index is 12.7. The first-order chi connectivity index (χ1) is 16.5. The molecule has 4 rings (SSSR count). The van der Waals surface area contributed by atoms with E-state index in [1.54, 1.807) is 18.3 Å². The summed E-state index contributed by atoms with van der Waals surface area (Å²) in [5.74, 6) is 0.625. The number of nitrogens with zero attached hydrogens (tertiary/aromatic N) is 3. The van der Waals surface area contributed by atoms with Gasteiger partial charge in [-0.1, -0.05) is 31.2 Å². The number of piperidine rings is 1. The van der Waals surface area contributed by atoms with E-state index in [4.69, 9.17) is 0 Å². The van der Waals surface area contributed by atoms with Crippen LogP contribution in [0.5, 0.6) is 0 Å². The molecule has 3 N–H and O–H groups in total. The van der Waals surface area contributed by atoms with E-state index in [1.807, 2.05) is 17.9 Å². The number of aliphatic hydroxyl groups excluding tert-OH is 1. The Hall–Kier alpha value is -2.97. The van der Waals surface area contributed by atoms with E-state index in [-0.39, 0.29) is 24.4 Å². The van der Waals surface area contributed by atoms with Crippen LogP contribution in [0.25, 0.3) is 0 Å². The maximum Gasteiger partial charge on any atom is 0.251 e. The number of nitrogens with one attached hydrogen (secondary N) is 2. The van der Waals surface area contributed by atoms with Crippen molar-refractivity contribution in [2.75, 3.05) is 38.0 Å². The Morgan fingerprint density at radius 1 is 1.15 bits per heavy atom. The molecule has 1 atom stereocenters. The summed E-state index contributed by atoms with van der Waals surface area (Å²) in [6, 6.07) is 12.1. The number of hydrogen-bond donors (Lipinski definition) is 3. The zero-order valence-electron chi connectivity index (χ0n) is 19.9. The molecule has 1 aromatic carbocycles. The minimum Gasteiger partial charge on any atom is -0.390 e. The van der Waals surface area contributed by atoms with Gasteiger partial charge in [0.2, 0.25) is 5.91 Å². The molecule has 182 valence electrons. The normalized spacial score (nSPS) is 17.6. The predicted octanol–water partition coefficient (Wildman–Crippen LogP) is 2.04. The summed E-state index contributed by atoms with van der Waals surface area (Å²) in [6.45, 7) is 5.83. The van der Waals surface area contributed by atoms with E-state index in [9.17, 15) is 14.7 Å². The van der Waals surface area contributed by atoms with Gasteiger partial charge in [-0.05, 0) is 42.5 Å². The van der Waals surface area contributed by atoms with Crippen LogP contribution in [0.4, 0.5) is 5.82 Å². The van der Waals surface area contributed by atoms with Crippen LogP contribution in [-0.2, 0) is 17.8 Å². The van der Waals surface area contributed by atoms with Crippen LogP contribution >= 0.6 is 0 Å². The van der Waals surface area contributed by atoms with Crippen LogP contribution in [0.2, 0.25) is 0 Å². The van der Waals surface area contributed by atoms with E-state index < -0.39 is 6.10 Å². The zero-order valence-corrected chi connectivity index (χ0v) is 19.9. The predicted molar refractivity (Wildman–Crippen MR) is 132 cm³/mol. The number of β-amino-alcohol motifs (C(OH)–C–C–N with tert-alkyl or cyclic N) is 1. The number of pyridine rings is 1. The number of benzene rings is 1. The number of aliphatic hydroxyl groups is 1. The summed E-state index contributed by atoms with van der Waals surface area (Å²) >= 11 is 0. The molecule has 1 saturated heterocycles. The monoisotopic (exact) mass is 465 g/mol. The summed E-state index contributed by atoms with van der Waals surface area (Å²) in [6.07, 6.45) is 4.22. The van der Waals surface area contributed by atoms with Gasteiger partial charge in [0.1, 0.15) is 5.82 Å². The number of amides is 2. The molecule has 2 amide bonds. The van der Waals surface area contributed by atoms with Gasteiger partial charge < -0.3 is 20.6 Å². The first kappa shape index (κ1) is 24.2. The highest BCUT2D eigenvalue weighted by atomic mass is 16.3. The van der Waals surface area contributed by atoms with Gasteiger partial charge in [-0.25, -0.2) is 4.98 Å². The van der Waals surface area contributed by atoms with E-state index in [0.29, 0.717) is 24.3 Å². The lowest BCUT2D eigenvalue weighted by Crippen LogP contribution is -2.42. The van der Waals surface area contributed by atoms with Gasteiger partial charge in [-0.15, -0.1) is 0 Å². The molecular weight excluding hydrogens is 430 g/mol. The average Bonchev–Trinajstić information content (AvgIpc) is 2.87. The number of carbonyl (C=O) groups excluding carboxylic acids is 2. The van der Waals surface area contributed by atoms with Gasteiger partial charge in [0.05, 0.1) is 6.10 Å². The van der Waals surface area contributed by atoms with Crippen LogP contribution in [-0.4, -0.2) is 76.6 Å². The number of likely N-dealkylation sites (tertiary alicyclic amines) is 1. The third-order valence-electron chi connectivity index (χ3n) is 6.70. The Labute approximate surface area is 201 Å². The molecule has 2 aromatic rings. The van der Waals surface area contributed by atoms with Crippen molar-refractivity contribution in [3.05, 3.63) is 59.3 Å². The highest BCUT2D eigenvalue weighted by Gasteiger charge is 2.22. The van der Waals surface area contributed by atoms with Crippen LogP contribution < -0.4 is 10.6 Å². The Morgan fingerprint density at radius 3 is 2.68 bits per heavy atom. The minimum absolute atomic E-state index is 0.197. The zero-order chi connectivity index (χ0) is 23.9. The molecule has 8 nitrogen and oxygen atoms in total. The van der Waals surface area contributed by atoms with Crippen molar-refractivity contribution < 1.29 is 14.7 Å². The van der Waals surface area contributed by atoms with E-state index in [0.717, 1.165) is 45.4 Å². The second-order valence-electron chi connectivity index (χ2n) is 9.20. The van der Waals surface area contributed by atoms with Crippen molar-refractivity contribution in [2.45, 2.75) is 51.3 Å². The first-order valence-electron chi connectivity index (χ1n) is 12.3. The van der Waals surface area contributed by atoms with Gasteiger partial charge >= 0.3 is 0 Å². The van der Waals surface area contributed by atoms with E-state index in [2.05, 4.69) is 38.7 Å². The molecule has 2 aliphatic rings. The van der Waals surface area contributed by atoms with E-state index >= 15 is 0 Å². The van der Waals surface area contributed by atoms with Crippen molar-refractivity contribution in [1.82, 2.24) is 20.1 Å². The van der Waals surface area contributed by atoms with Gasteiger partial charge in [0.15, 0.2) is 0 Å². The molecule has 1 fully saturated rings. The van der Waals surface area contributed by atoms with Crippen molar-refractivity contribution in [3.8, 4) is 0 Å². The lowest BCUT2D eigenvalue weighted by atomic mass is 10.00. The summed E-state index contributed by atoms with van der Waals surface area (Å²) in [4.78, 5) is 33.0. The molecule has 1 aromatic heterocycles. The second kappa shape index (κ2) is 11.4. The summed E-state index contributed by atoms with van der Waals surface area (Å²) in [5.41, 5.74) is 3.20. The minimum atomic E-state index is -0.635. The van der Waals surface area contributed by atoms with Gasteiger partial charge in [-0.2, -0.15) is 0 Å². The van der Waals surface area contributed by atoms with Crippen LogP contribution in [0.1, 0.15) is 47.7 Å². The first-order valence-corrected chi connectivity index (χ1v) is 12.3. The highest BCUT2D eigenvalue weighted by molar-refractivity contribution is 5.94. The molecule has 0 radical (unpaired) electrons. The van der Waals surface area contributed by atoms with Gasteiger partial charge in [-0.3, -0.25) is 14.5 Å². The molecule has 0 spiro atoms. The smallest absolute Gasteiger partial charge is 0.251 e. The Bertz CT molecular complexity index is 990. The summed E-state index contributed by atoms with van der Waals surface area (Å²) in [7, 11) is 0. The SMILES string of the molecule is CCC(=O)N1CCC(Nc2cc(C(=O)NC[C@H](O)CN3CCc4ccccc4C3)ccn2)CC1. The van der Waals surface area contributed by atoms with Crippen molar-refractivity contribution in [3.63, 3.8) is 0 Å². The van der Waals surface area contributed by atoms with Crippen LogP contribution in [0, 0.1) is 0 Å². The third-order valence-corrected chi connectivity index (χ3v) is 6.70. The largest absolute Gasteiger partial charge is 0.390 e. The van der Waals surface area contributed by atoms with Gasteiger partial charge in [0.25, 0.3) is 5.91 Å². The number of rotatable bonds is 8. The Morgan fingerprint density at radius 2 is 1.91 bits per heavy atom. The van der Waals surface area contributed by atoms with Crippen molar-refractivity contribution >= 4 is 17.6 Å². The molecule has 0 saturated carbocycles. The molecule has 3 heterocycles.